The number of nitrogens with zero attached hydrogens (tertiary/aromatic N) is 5. The molecule has 0 spiro atoms. The summed E-state index contributed by atoms with van der Waals surface area (Å²) < 4.78 is 51.6. The number of halogens is 3. The molecule has 2 aromatic rings. The van der Waals surface area contributed by atoms with E-state index in [4.69, 9.17) is 9.15 Å². The number of ether oxygens (including phenoxy) is 1. The van der Waals surface area contributed by atoms with Crippen LogP contribution in [0.2, 0.25) is 0 Å². The molecule has 0 aromatic carbocycles. The third kappa shape index (κ3) is 6.87. The van der Waals surface area contributed by atoms with Gasteiger partial charge in [-0.15, -0.1) is 0 Å². The Labute approximate surface area is 219 Å². The van der Waals surface area contributed by atoms with Gasteiger partial charge in [0.15, 0.2) is 5.69 Å². The van der Waals surface area contributed by atoms with Crippen molar-refractivity contribution in [2.45, 2.75) is 58.2 Å². The Balaban J connectivity index is 1.41. The van der Waals surface area contributed by atoms with Crippen LogP contribution in [0.15, 0.2) is 22.7 Å². The lowest BCUT2D eigenvalue weighted by Gasteiger charge is -2.26. The van der Waals surface area contributed by atoms with Gasteiger partial charge in [-0.1, -0.05) is 0 Å². The van der Waals surface area contributed by atoms with E-state index in [1.807, 2.05) is 25.7 Å². The van der Waals surface area contributed by atoms with Gasteiger partial charge in [-0.2, -0.15) is 18.2 Å². The van der Waals surface area contributed by atoms with Gasteiger partial charge < -0.3 is 29.2 Å². The highest BCUT2D eigenvalue weighted by Gasteiger charge is 2.42. The van der Waals surface area contributed by atoms with Crippen LogP contribution in [0, 0.1) is 0 Å². The Kier molecular flexibility index (Phi) is 8.02. The molecule has 2 aromatic heterocycles. The minimum absolute atomic E-state index is 0.197. The number of carbonyl (C=O) groups excluding carboxylic acids is 2. The fourth-order valence-corrected chi connectivity index (χ4v) is 4.37. The maximum Gasteiger partial charge on any atom is 0.437 e. The first-order valence-electron chi connectivity index (χ1n) is 12.7. The van der Waals surface area contributed by atoms with Crippen molar-refractivity contribution in [2.24, 2.45) is 0 Å². The third-order valence-electron chi connectivity index (χ3n) is 6.19. The highest BCUT2D eigenvalue weighted by atomic mass is 19.4. The van der Waals surface area contributed by atoms with Crippen LogP contribution < -0.4 is 15.1 Å². The van der Waals surface area contributed by atoms with Crippen LogP contribution in [0.1, 0.15) is 62.7 Å². The van der Waals surface area contributed by atoms with Crippen molar-refractivity contribution >= 4 is 29.5 Å². The molecule has 13 heteroatoms. The molecule has 0 aliphatic carbocycles. The summed E-state index contributed by atoms with van der Waals surface area (Å²) >= 11 is 0. The van der Waals surface area contributed by atoms with E-state index in [0.29, 0.717) is 51.5 Å². The zero-order chi connectivity index (χ0) is 27.5. The van der Waals surface area contributed by atoms with E-state index in [2.05, 4.69) is 15.3 Å². The van der Waals surface area contributed by atoms with Crippen molar-refractivity contribution in [1.29, 1.82) is 0 Å². The average molecular weight is 539 g/mol. The molecule has 0 saturated carbocycles. The number of aromatic nitrogens is 2. The average Bonchev–Trinajstić information content (AvgIpc) is 3.17. The summed E-state index contributed by atoms with van der Waals surface area (Å²) in [6.07, 6.45) is -0.493. The van der Waals surface area contributed by atoms with Gasteiger partial charge in [0.1, 0.15) is 11.4 Å². The number of rotatable bonds is 4. The summed E-state index contributed by atoms with van der Waals surface area (Å²) in [5.74, 6) is -1.31. The molecule has 10 nitrogen and oxygen atoms in total. The highest BCUT2D eigenvalue weighted by Crippen LogP contribution is 2.35. The SMILES string of the molecule is CC(C)(C)OC(=O)N1CCCN(c2ccc(NC(=O)c3oc(N4CCCCC4)nc3C(F)(F)F)cn2)CC1. The van der Waals surface area contributed by atoms with Crippen LogP contribution in [0.5, 0.6) is 0 Å². The first-order valence-corrected chi connectivity index (χ1v) is 12.7. The van der Waals surface area contributed by atoms with Gasteiger partial charge in [0.05, 0.1) is 11.9 Å². The summed E-state index contributed by atoms with van der Waals surface area (Å²) in [6, 6.07) is 3.03. The molecular formula is C25H33F3N6O4. The Morgan fingerprint density at radius 1 is 0.947 bits per heavy atom. The topological polar surface area (TPSA) is 104 Å². The Morgan fingerprint density at radius 2 is 1.66 bits per heavy atom. The van der Waals surface area contributed by atoms with Gasteiger partial charge in [0.2, 0.25) is 5.76 Å². The summed E-state index contributed by atoms with van der Waals surface area (Å²) in [7, 11) is 0. The lowest BCUT2D eigenvalue weighted by molar-refractivity contribution is -0.141. The van der Waals surface area contributed by atoms with Crippen molar-refractivity contribution in [1.82, 2.24) is 14.9 Å². The highest BCUT2D eigenvalue weighted by molar-refractivity contribution is 6.03. The normalized spacial score (nSPS) is 17.3. The minimum Gasteiger partial charge on any atom is -0.444 e. The molecule has 2 aliphatic rings. The third-order valence-corrected chi connectivity index (χ3v) is 6.19. The lowest BCUT2D eigenvalue weighted by atomic mass is 10.1. The molecule has 38 heavy (non-hydrogen) atoms. The number of anilines is 3. The van der Waals surface area contributed by atoms with E-state index in [1.54, 1.807) is 21.9 Å². The molecule has 0 atom stereocenters. The number of hydrogen-bond acceptors (Lipinski definition) is 8. The number of amides is 2. The standard InChI is InChI=1S/C25H33F3N6O4/c1-24(2,3)38-23(36)34-13-7-12-32(14-15-34)18-9-8-17(16-29-18)30-21(35)19-20(25(26,27)28)31-22(37-19)33-10-5-4-6-11-33/h8-9,16H,4-7,10-15H2,1-3H3,(H,30,35). The predicted molar refractivity (Wildman–Crippen MR) is 134 cm³/mol. The predicted octanol–water partition coefficient (Wildman–Crippen LogP) is 4.78. The zero-order valence-corrected chi connectivity index (χ0v) is 21.8. The van der Waals surface area contributed by atoms with E-state index >= 15 is 0 Å². The van der Waals surface area contributed by atoms with Gasteiger partial charge in [0.25, 0.3) is 11.9 Å². The van der Waals surface area contributed by atoms with Crippen LogP contribution >= 0.6 is 0 Å². The fourth-order valence-electron chi connectivity index (χ4n) is 4.37. The lowest BCUT2D eigenvalue weighted by Crippen LogP contribution is -2.39. The Morgan fingerprint density at radius 3 is 2.29 bits per heavy atom. The van der Waals surface area contributed by atoms with Crippen LogP contribution in [-0.2, 0) is 10.9 Å². The van der Waals surface area contributed by atoms with E-state index in [-0.39, 0.29) is 17.8 Å². The second-order valence-electron chi connectivity index (χ2n) is 10.4. The Hall–Kier alpha value is -3.51. The van der Waals surface area contributed by atoms with Gasteiger partial charge >= 0.3 is 12.3 Å². The molecule has 1 N–H and O–H groups in total. The largest absolute Gasteiger partial charge is 0.444 e. The van der Waals surface area contributed by atoms with E-state index < -0.39 is 29.1 Å². The molecule has 2 aliphatic heterocycles. The molecular weight excluding hydrogens is 505 g/mol. The van der Waals surface area contributed by atoms with Crippen molar-refractivity contribution in [3.63, 3.8) is 0 Å². The van der Waals surface area contributed by atoms with E-state index in [9.17, 15) is 22.8 Å². The van der Waals surface area contributed by atoms with Gasteiger partial charge in [-0.25, -0.2) is 9.78 Å². The smallest absolute Gasteiger partial charge is 0.437 e. The van der Waals surface area contributed by atoms with Gasteiger partial charge in [0, 0.05) is 39.3 Å². The number of nitrogens with one attached hydrogen (secondary N) is 1. The van der Waals surface area contributed by atoms with Gasteiger partial charge in [-0.05, 0) is 58.6 Å². The molecule has 4 rings (SSSR count). The maximum absolute atomic E-state index is 13.6. The van der Waals surface area contributed by atoms with Crippen molar-refractivity contribution in [2.75, 3.05) is 54.4 Å². The molecule has 2 amide bonds. The minimum atomic E-state index is -4.84. The summed E-state index contributed by atoms with van der Waals surface area (Å²) in [6.45, 7) is 8.70. The van der Waals surface area contributed by atoms with Crippen molar-refractivity contribution in [3.8, 4) is 0 Å². The molecule has 4 heterocycles. The molecule has 0 unspecified atom stereocenters. The quantitative estimate of drug-likeness (QED) is 0.593. The van der Waals surface area contributed by atoms with E-state index in [1.165, 1.54) is 6.20 Å². The van der Waals surface area contributed by atoms with E-state index in [0.717, 1.165) is 19.3 Å². The number of pyridine rings is 1. The Bertz CT molecular complexity index is 1120. The number of oxazole rings is 1. The van der Waals surface area contributed by atoms with Crippen molar-refractivity contribution < 1.29 is 31.9 Å². The summed E-state index contributed by atoms with van der Waals surface area (Å²) in [5.41, 5.74) is -1.71. The summed E-state index contributed by atoms with van der Waals surface area (Å²) in [4.78, 5) is 38.4. The first-order chi connectivity index (χ1) is 17.9. The molecule has 0 radical (unpaired) electrons. The second-order valence-corrected chi connectivity index (χ2v) is 10.4. The number of alkyl halides is 3. The number of piperidine rings is 1. The van der Waals surface area contributed by atoms with Gasteiger partial charge in [-0.3, -0.25) is 4.79 Å². The number of carbonyl (C=O) groups is 2. The molecule has 208 valence electrons. The zero-order valence-electron chi connectivity index (χ0n) is 21.8. The van der Waals surface area contributed by atoms with Crippen LogP contribution in [0.4, 0.5) is 35.5 Å². The molecule has 2 saturated heterocycles. The first kappa shape index (κ1) is 27.5. The van der Waals surface area contributed by atoms with Crippen LogP contribution in [0.25, 0.3) is 0 Å². The summed E-state index contributed by atoms with van der Waals surface area (Å²) in [5, 5.41) is 2.43. The molecule has 2 fully saturated rings. The van der Waals surface area contributed by atoms with Crippen molar-refractivity contribution in [3.05, 3.63) is 29.8 Å². The second kappa shape index (κ2) is 11.1. The monoisotopic (exact) mass is 538 g/mol. The molecule has 0 bridgehead atoms. The maximum atomic E-state index is 13.6. The fraction of sp³-hybridized carbons (Fsp3) is 0.600. The van der Waals surface area contributed by atoms with Crippen LogP contribution in [-0.4, -0.2) is 71.7 Å². The number of hydrogen-bond donors (Lipinski definition) is 1. The van der Waals surface area contributed by atoms with Crippen LogP contribution in [0.3, 0.4) is 0 Å².